The van der Waals surface area contributed by atoms with Crippen molar-refractivity contribution in [2.24, 2.45) is 0 Å². The number of rotatable bonds is 4. The van der Waals surface area contributed by atoms with E-state index in [1.54, 1.807) is 24.3 Å². The van der Waals surface area contributed by atoms with E-state index in [9.17, 15) is 14.0 Å². The summed E-state index contributed by atoms with van der Waals surface area (Å²) >= 11 is 0. The predicted molar refractivity (Wildman–Crippen MR) is 87.7 cm³/mol. The Balaban J connectivity index is 1.82. The van der Waals surface area contributed by atoms with Crippen molar-refractivity contribution in [3.63, 3.8) is 0 Å². The summed E-state index contributed by atoms with van der Waals surface area (Å²) in [5, 5.41) is 11.3. The average Bonchev–Trinajstić information content (AvgIpc) is 3.06. The summed E-state index contributed by atoms with van der Waals surface area (Å²) in [7, 11) is 0. The lowest BCUT2D eigenvalue weighted by atomic mass is 10.1. The molecular weight excluding hydrogens is 329 g/mol. The van der Waals surface area contributed by atoms with Crippen molar-refractivity contribution in [2.75, 3.05) is 11.9 Å². The van der Waals surface area contributed by atoms with Crippen LogP contribution in [-0.4, -0.2) is 33.3 Å². The first-order chi connectivity index (χ1) is 12.0. The standard InChI is InChI=1S/C17H16FN3O4/c1-10-3-2-4-11(7-10)16(23)19-15-13(18)8-21(17(24)20-15)14-6-5-12(9-22)25-14/h2-8,12,14,22H,9H2,1H3,(H,19,20,23,24)/t12-,14+/m0/s1. The topological polar surface area (TPSA) is 93.5 Å². The van der Waals surface area contributed by atoms with Gasteiger partial charge < -0.3 is 15.2 Å². The van der Waals surface area contributed by atoms with Gasteiger partial charge in [0.1, 0.15) is 6.10 Å². The van der Waals surface area contributed by atoms with Gasteiger partial charge in [0.15, 0.2) is 17.9 Å². The number of aliphatic hydroxyl groups is 1. The maximum absolute atomic E-state index is 14.3. The highest BCUT2D eigenvalue weighted by Crippen LogP contribution is 2.20. The normalized spacial score (nSPS) is 19.2. The predicted octanol–water partition coefficient (Wildman–Crippen LogP) is 1.39. The number of ether oxygens (including phenoxy) is 1. The second kappa shape index (κ2) is 6.96. The minimum absolute atomic E-state index is 0.248. The van der Waals surface area contributed by atoms with Crippen molar-refractivity contribution in [2.45, 2.75) is 19.3 Å². The number of hydrogen-bond donors (Lipinski definition) is 2. The van der Waals surface area contributed by atoms with Crippen LogP contribution in [0.1, 0.15) is 22.1 Å². The van der Waals surface area contributed by atoms with Gasteiger partial charge in [0.2, 0.25) is 0 Å². The summed E-state index contributed by atoms with van der Waals surface area (Å²) in [6.45, 7) is 1.58. The van der Waals surface area contributed by atoms with E-state index in [4.69, 9.17) is 9.84 Å². The van der Waals surface area contributed by atoms with Gasteiger partial charge in [-0.15, -0.1) is 0 Å². The molecule has 2 N–H and O–H groups in total. The number of amides is 1. The molecule has 2 atom stereocenters. The summed E-state index contributed by atoms with van der Waals surface area (Å²) in [4.78, 5) is 27.8. The van der Waals surface area contributed by atoms with Crippen LogP contribution in [0.5, 0.6) is 0 Å². The molecule has 1 aliphatic rings. The molecule has 0 spiro atoms. The van der Waals surface area contributed by atoms with Crippen LogP contribution in [0.2, 0.25) is 0 Å². The van der Waals surface area contributed by atoms with Gasteiger partial charge >= 0.3 is 5.69 Å². The first-order valence-corrected chi connectivity index (χ1v) is 7.59. The average molecular weight is 345 g/mol. The zero-order valence-corrected chi connectivity index (χ0v) is 13.3. The molecule has 130 valence electrons. The van der Waals surface area contributed by atoms with Gasteiger partial charge in [-0.1, -0.05) is 23.8 Å². The van der Waals surface area contributed by atoms with Crippen LogP contribution < -0.4 is 11.0 Å². The van der Waals surface area contributed by atoms with E-state index in [0.717, 1.165) is 16.3 Å². The van der Waals surface area contributed by atoms with Crippen LogP contribution >= 0.6 is 0 Å². The summed E-state index contributed by atoms with van der Waals surface area (Å²) < 4.78 is 20.5. The van der Waals surface area contributed by atoms with Crippen molar-refractivity contribution in [3.05, 3.63) is 70.0 Å². The van der Waals surface area contributed by atoms with E-state index in [-0.39, 0.29) is 6.61 Å². The van der Waals surface area contributed by atoms with Gasteiger partial charge in [0.25, 0.3) is 5.91 Å². The minimum atomic E-state index is -0.870. The van der Waals surface area contributed by atoms with Crippen LogP contribution in [0.4, 0.5) is 10.2 Å². The Morgan fingerprint density at radius 2 is 2.24 bits per heavy atom. The Labute approximate surface area is 142 Å². The Morgan fingerprint density at radius 3 is 2.92 bits per heavy atom. The number of benzene rings is 1. The highest BCUT2D eigenvalue weighted by Gasteiger charge is 2.23. The Morgan fingerprint density at radius 1 is 1.44 bits per heavy atom. The molecule has 1 aromatic carbocycles. The lowest BCUT2D eigenvalue weighted by Gasteiger charge is -2.15. The third-order valence-electron chi connectivity index (χ3n) is 3.68. The molecule has 0 saturated heterocycles. The monoisotopic (exact) mass is 345 g/mol. The molecule has 1 amide bonds. The fourth-order valence-corrected chi connectivity index (χ4v) is 2.43. The number of carbonyl (C=O) groups is 1. The van der Waals surface area contributed by atoms with Gasteiger partial charge in [-0.05, 0) is 25.1 Å². The van der Waals surface area contributed by atoms with Crippen molar-refractivity contribution in [1.29, 1.82) is 0 Å². The molecule has 8 heteroatoms. The molecule has 1 aliphatic heterocycles. The van der Waals surface area contributed by atoms with Gasteiger partial charge in [0, 0.05) is 5.56 Å². The zero-order valence-electron chi connectivity index (χ0n) is 13.3. The molecule has 0 bridgehead atoms. The van der Waals surface area contributed by atoms with E-state index < -0.39 is 35.6 Å². The van der Waals surface area contributed by atoms with E-state index in [2.05, 4.69) is 10.3 Å². The Bertz CT molecular complexity index is 894. The number of aromatic nitrogens is 2. The number of nitrogens with zero attached hydrogens (tertiary/aromatic N) is 2. The summed E-state index contributed by atoms with van der Waals surface area (Å²) in [5.41, 5.74) is 0.424. The lowest BCUT2D eigenvalue weighted by Crippen LogP contribution is -2.30. The third kappa shape index (κ3) is 3.65. The second-order valence-corrected chi connectivity index (χ2v) is 5.58. The maximum atomic E-state index is 14.3. The van der Waals surface area contributed by atoms with Gasteiger partial charge in [-0.2, -0.15) is 4.98 Å². The van der Waals surface area contributed by atoms with Crippen molar-refractivity contribution < 1.29 is 19.0 Å². The Hall–Kier alpha value is -2.84. The largest absolute Gasteiger partial charge is 0.393 e. The third-order valence-corrected chi connectivity index (χ3v) is 3.68. The molecule has 7 nitrogen and oxygen atoms in total. The minimum Gasteiger partial charge on any atom is -0.393 e. The van der Waals surface area contributed by atoms with Crippen LogP contribution in [0.3, 0.4) is 0 Å². The molecular formula is C17H16FN3O4. The fourth-order valence-electron chi connectivity index (χ4n) is 2.43. The summed E-state index contributed by atoms with van der Waals surface area (Å²) in [6.07, 6.45) is 2.60. The number of nitrogens with one attached hydrogen (secondary N) is 1. The Kier molecular flexibility index (Phi) is 4.73. The zero-order chi connectivity index (χ0) is 18.0. The van der Waals surface area contributed by atoms with E-state index in [0.29, 0.717) is 5.56 Å². The first kappa shape index (κ1) is 17.0. The van der Waals surface area contributed by atoms with Gasteiger partial charge in [-0.25, -0.2) is 9.18 Å². The number of aliphatic hydroxyl groups excluding tert-OH is 1. The van der Waals surface area contributed by atoms with Crippen LogP contribution in [0, 0.1) is 12.7 Å². The van der Waals surface area contributed by atoms with Crippen LogP contribution in [0.15, 0.2) is 47.4 Å². The first-order valence-electron chi connectivity index (χ1n) is 7.59. The molecule has 1 aromatic heterocycles. The molecule has 0 radical (unpaired) electrons. The van der Waals surface area contributed by atoms with Crippen molar-refractivity contribution in [1.82, 2.24) is 9.55 Å². The van der Waals surface area contributed by atoms with E-state index in [1.807, 2.05) is 13.0 Å². The highest BCUT2D eigenvalue weighted by atomic mass is 19.1. The fraction of sp³-hybridized carbons (Fsp3) is 0.235. The number of carbonyl (C=O) groups excluding carboxylic acids is 1. The van der Waals surface area contributed by atoms with Gasteiger partial charge in [0.05, 0.1) is 12.8 Å². The number of hydrogen-bond acceptors (Lipinski definition) is 5. The van der Waals surface area contributed by atoms with Crippen LogP contribution in [-0.2, 0) is 4.74 Å². The molecule has 3 rings (SSSR count). The SMILES string of the molecule is Cc1cccc(C(=O)Nc2nc(=O)n([C@H]3C=C[C@@H](CO)O3)cc2F)c1. The maximum Gasteiger partial charge on any atom is 0.352 e. The molecule has 2 heterocycles. The number of halogens is 1. The molecule has 0 aliphatic carbocycles. The van der Waals surface area contributed by atoms with Crippen molar-refractivity contribution in [3.8, 4) is 0 Å². The van der Waals surface area contributed by atoms with Crippen LogP contribution in [0.25, 0.3) is 0 Å². The molecule has 0 fully saturated rings. The number of anilines is 1. The molecule has 0 unspecified atom stereocenters. The van der Waals surface area contributed by atoms with E-state index >= 15 is 0 Å². The molecule has 2 aromatic rings. The summed E-state index contributed by atoms with van der Waals surface area (Å²) in [6, 6.07) is 6.74. The quantitative estimate of drug-likeness (QED) is 0.817. The second-order valence-electron chi connectivity index (χ2n) is 5.58. The smallest absolute Gasteiger partial charge is 0.352 e. The lowest BCUT2D eigenvalue weighted by molar-refractivity contribution is -0.0106. The molecule has 25 heavy (non-hydrogen) atoms. The number of aryl methyl sites for hydroxylation is 1. The van der Waals surface area contributed by atoms with Crippen molar-refractivity contribution >= 4 is 11.7 Å². The highest BCUT2D eigenvalue weighted by molar-refractivity contribution is 6.03. The molecule has 0 saturated carbocycles. The summed E-state index contributed by atoms with van der Waals surface area (Å²) in [5.74, 6) is -1.89. The van der Waals surface area contributed by atoms with Gasteiger partial charge in [-0.3, -0.25) is 9.36 Å². The van der Waals surface area contributed by atoms with E-state index in [1.165, 1.54) is 6.08 Å².